The van der Waals surface area contributed by atoms with Crippen molar-refractivity contribution in [3.63, 3.8) is 0 Å². The molecule has 0 saturated heterocycles. The Morgan fingerprint density at radius 1 is 0.654 bits per heavy atom. The molecule has 26 heavy (non-hydrogen) atoms. The Morgan fingerprint density at radius 3 is 1.31 bits per heavy atom. The van der Waals surface area contributed by atoms with Crippen molar-refractivity contribution in [2.45, 2.75) is 118 Å². The molecule has 0 radical (unpaired) electrons. The van der Waals surface area contributed by atoms with Gasteiger partial charge in [0.2, 0.25) is 0 Å². The summed E-state index contributed by atoms with van der Waals surface area (Å²) in [6, 6.07) is 0. The number of unbranched alkanes of at least 4 members (excludes halogenated alkanes) is 4. The first-order chi connectivity index (χ1) is 12.5. The van der Waals surface area contributed by atoms with E-state index in [9.17, 15) is 0 Å². The standard InChI is InChI=1S/C20H42O.C3H8O2/c1-5-9-11-15-19(13-7-3)17-21-18-20(14-8-4)16-12-10-6-2;1-3(5)2-4/h19-20H,5-18H2,1-4H3;3-5H,2H2,1H3. The molecule has 0 aromatic carbocycles. The first-order valence-electron chi connectivity index (χ1n) is 11.4. The van der Waals surface area contributed by atoms with Gasteiger partial charge in [-0.15, -0.1) is 0 Å². The molecule has 0 aliphatic heterocycles. The van der Waals surface area contributed by atoms with Crippen LogP contribution in [0.25, 0.3) is 0 Å². The van der Waals surface area contributed by atoms with Gasteiger partial charge in [0.05, 0.1) is 12.7 Å². The van der Waals surface area contributed by atoms with Crippen molar-refractivity contribution in [3.8, 4) is 0 Å². The smallest absolute Gasteiger partial charge is 0.0742 e. The molecular formula is C23H50O3. The van der Waals surface area contributed by atoms with Gasteiger partial charge in [0.1, 0.15) is 0 Å². The summed E-state index contributed by atoms with van der Waals surface area (Å²) in [7, 11) is 0. The minimum absolute atomic E-state index is 0.139. The fraction of sp³-hybridized carbons (Fsp3) is 1.00. The SMILES string of the molecule is CC(O)CO.CCCCCC(CCC)COCC(CCC)CCCCC. The van der Waals surface area contributed by atoms with Gasteiger partial charge in [0.15, 0.2) is 0 Å². The molecule has 3 atom stereocenters. The van der Waals surface area contributed by atoms with Crippen molar-refractivity contribution >= 4 is 0 Å². The molecule has 0 bridgehead atoms. The highest BCUT2D eigenvalue weighted by atomic mass is 16.5. The van der Waals surface area contributed by atoms with Gasteiger partial charge in [-0.1, -0.05) is 79.1 Å². The van der Waals surface area contributed by atoms with E-state index in [1.807, 2.05) is 0 Å². The summed E-state index contributed by atoms with van der Waals surface area (Å²) >= 11 is 0. The highest BCUT2D eigenvalue weighted by molar-refractivity contribution is 4.62. The van der Waals surface area contributed by atoms with Crippen LogP contribution < -0.4 is 0 Å². The van der Waals surface area contributed by atoms with E-state index >= 15 is 0 Å². The number of aliphatic hydroxyl groups excluding tert-OH is 2. The number of aliphatic hydroxyl groups is 2. The molecular weight excluding hydrogens is 324 g/mol. The number of hydrogen-bond donors (Lipinski definition) is 2. The number of ether oxygens (including phenoxy) is 1. The molecule has 160 valence electrons. The third kappa shape index (κ3) is 21.9. The molecule has 2 N–H and O–H groups in total. The van der Waals surface area contributed by atoms with Crippen LogP contribution in [0, 0.1) is 11.8 Å². The Balaban J connectivity index is 0. The molecule has 3 heteroatoms. The second-order valence-electron chi connectivity index (χ2n) is 7.87. The maximum absolute atomic E-state index is 8.11. The lowest BCUT2D eigenvalue weighted by molar-refractivity contribution is 0.0598. The van der Waals surface area contributed by atoms with Crippen molar-refractivity contribution in [2.24, 2.45) is 11.8 Å². The van der Waals surface area contributed by atoms with Crippen molar-refractivity contribution in [3.05, 3.63) is 0 Å². The van der Waals surface area contributed by atoms with Gasteiger partial charge in [-0.05, 0) is 44.4 Å². The zero-order valence-corrected chi connectivity index (χ0v) is 18.6. The second kappa shape index (κ2) is 22.9. The summed E-state index contributed by atoms with van der Waals surface area (Å²) in [5, 5.41) is 16.0. The summed E-state index contributed by atoms with van der Waals surface area (Å²) in [4.78, 5) is 0. The van der Waals surface area contributed by atoms with Gasteiger partial charge in [-0.3, -0.25) is 0 Å². The Bertz CT molecular complexity index is 224. The molecule has 3 unspecified atom stereocenters. The van der Waals surface area contributed by atoms with Gasteiger partial charge < -0.3 is 14.9 Å². The molecule has 0 rings (SSSR count). The molecule has 0 aliphatic rings. The Kier molecular flexibility index (Phi) is 24.8. The molecule has 0 aromatic rings. The molecule has 3 nitrogen and oxygen atoms in total. The molecule has 0 heterocycles. The molecule has 0 spiro atoms. The fourth-order valence-corrected chi connectivity index (χ4v) is 3.21. The van der Waals surface area contributed by atoms with Crippen LogP contribution in [0.4, 0.5) is 0 Å². The maximum Gasteiger partial charge on any atom is 0.0742 e. The molecule has 0 aromatic heterocycles. The molecule has 0 aliphatic carbocycles. The topological polar surface area (TPSA) is 49.7 Å². The van der Waals surface area contributed by atoms with E-state index in [1.54, 1.807) is 0 Å². The van der Waals surface area contributed by atoms with Gasteiger partial charge in [0, 0.05) is 13.2 Å². The van der Waals surface area contributed by atoms with E-state index in [4.69, 9.17) is 14.9 Å². The van der Waals surface area contributed by atoms with Crippen LogP contribution in [0.15, 0.2) is 0 Å². The summed E-state index contributed by atoms with van der Waals surface area (Å²) in [5.74, 6) is 1.61. The largest absolute Gasteiger partial charge is 0.394 e. The third-order valence-corrected chi connectivity index (χ3v) is 4.80. The highest BCUT2D eigenvalue weighted by Crippen LogP contribution is 2.19. The van der Waals surface area contributed by atoms with E-state index in [0.717, 1.165) is 25.0 Å². The average molecular weight is 375 g/mol. The summed E-state index contributed by atoms with van der Waals surface area (Å²) in [6.07, 6.45) is 15.7. The molecule has 0 fully saturated rings. The van der Waals surface area contributed by atoms with Gasteiger partial charge in [0.25, 0.3) is 0 Å². The zero-order valence-electron chi connectivity index (χ0n) is 18.6. The maximum atomic E-state index is 8.11. The van der Waals surface area contributed by atoms with Crippen LogP contribution in [0.5, 0.6) is 0 Å². The lowest BCUT2D eigenvalue weighted by atomic mass is 9.96. The predicted molar refractivity (Wildman–Crippen MR) is 115 cm³/mol. The van der Waals surface area contributed by atoms with E-state index in [-0.39, 0.29) is 6.61 Å². The van der Waals surface area contributed by atoms with Crippen molar-refractivity contribution in [2.75, 3.05) is 19.8 Å². The Hall–Kier alpha value is -0.120. The second-order valence-corrected chi connectivity index (χ2v) is 7.87. The van der Waals surface area contributed by atoms with E-state index in [2.05, 4.69) is 27.7 Å². The van der Waals surface area contributed by atoms with Gasteiger partial charge in [-0.2, -0.15) is 0 Å². The highest BCUT2D eigenvalue weighted by Gasteiger charge is 2.11. The van der Waals surface area contributed by atoms with E-state index < -0.39 is 6.10 Å². The first-order valence-corrected chi connectivity index (χ1v) is 11.4. The Morgan fingerprint density at radius 2 is 1.04 bits per heavy atom. The summed E-state index contributed by atoms with van der Waals surface area (Å²) in [5.41, 5.74) is 0. The molecule has 0 saturated carbocycles. The van der Waals surface area contributed by atoms with Crippen molar-refractivity contribution < 1.29 is 14.9 Å². The number of rotatable bonds is 17. The third-order valence-electron chi connectivity index (χ3n) is 4.80. The van der Waals surface area contributed by atoms with E-state index in [1.165, 1.54) is 84.0 Å². The summed E-state index contributed by atoms with van der Waals surface area (Å²) in [6.45, 7) is 12.6. The van der Waals surface area contributed by atoms with Crippen LogP contribution in [-0.4, -0.2) is 36.1 Å². The minimum Gasteiger partial charge on any atom is -0.394 e. The summed E-state index contributed by atoms with van der Waals surface area (Å²) < 4.78 is 6.12. The van der Waals surface area contributed by atoms with Crippen LogP contribution in [-0.2, 0) is 4.74 Å². The van der Waals surface area contributed by atoms with Crippen molar-refractivity contribution in [1.29, 1.82) is 0 Å². The van der Waals surface area contributed by atoms with Crippen LogP contribution in [0.1, 0.15) is 112 Å². The lowest BCUT2D eigenvalue weighted by Gasteiger charge is -2.20. The van der Waals surface area contributed by atoms with Crippen LogP contribution in [0.2, 0.25) is 0 Å². The lowest BCUT2D eigenvalue weighted by Crippen LogP contribution is -2.15. The van der Waals surface area contributed by atoms with Crippen LogP contribution >= 0.6 is 0 Å². The minimum atomic E-state index is -0.560. The zero-order chi connectivity index (χ0) is 20.0. The van der Waals surface area contributed by atoms with Crippen LogP contribution in [0.3, 0.4) is 0 Å². The molecule has 0 amide bonds. The monoisotopic (exact) mass is 374 g/mol. The fourth-order valence-electron chi connectivity index (χ4n) is 3.21. The van der Waals surface area contributed by atoms with Gasteiger partial charge in [-0.25, -0.2) is 0 Å². The predicted octanol–water partition coefficient (Wildman–Crippen LogP) is 6.36. The van der Waals surface area contributed by atoms with Crippen molar-refractivity contribution in [1.82, 2.24) is 0 Å². The normalized spacial score (nSPS) is 14.4. The van der Waals surface area contributed by atoms with Gasteiger partial charge >= 0.3 is 0 Å². The Labute approximate surface area is 164 Å². The average Bonchev–Trinajstić information content (AvgIpc) is 2.62. The first kappa shape index (κ1) is 28.1. The number of hydrogen-bond acceptors (Lipinski definition) is 3. The quantitative estimate of drug-likeness (QED) is 0.291. The van der Waals surface area contributed by atoms with E-state index in [0.29, 0.717) is 0 Å².